The van der Waals surface area contributed by atoms with E-state index >= 15 is 0 Å². The summed E-state index contributed by atoms with van der Waals surface area (Å²) in [5.74, 6) is 3.58. The van der Waals surface area contributed by atoms with Crippen molar-refractivity contribution >= 4 is 23.1 Å². The van der Waals surface area contributed by atoms with Crippen LogP contribution in [0.2, 0.25) is 0 Å². The van der Waals surface area contributed by atoms with E-state index in [1.807, 2.05) is 0 Å². The van der Waals surface area contributed by atoms with Crippen molar-refractivity contribution in [1.29, 1.82) is 0 Å². The van der Waals surface area contributed by atoms with Crippen LogP contribution in [0.15, 0.2) is 16.8 Å². The number of hydrogen-bond donors (Lipinski definition) is 1. The summed E-state index contributed by atoms with van der Waals surface area (Å²) in [6, 6.07) is 2.93. The van der Waals surface area contributed by atoms with E-state index < -0.39 is 0 Å². The van der Waals surface area contributed by atoms with Crippen LogP contribution in [0, 0.1) is 5.92 Å². The Morgan fingerprint density at radius 3 is 3.14 bits per heavy atom. The van der Waals surface area contributed by atoms with Gasteiger partial charge in [0, 0.05) is 6.04 Å². The van der Waals surface area contributed by atoms with Crippen LogP contribution in [0.1, 0.15) is 12.0 Å². The van der Waals surface area contributed by atoms with Crippen LogP contribution in [0.3, 0.4) is 0 Å². The lowest BCUT2D eigenvalue weighted by Crippen LogP contribution is -2.35. The van der Waals surface area contributed by atoms with Gasteiger partial charge in [0.1, 0.15) is 0 Å². The topological polar surface area (TPSA) is 12.0 Å². The zero-order valence-electron chi connectivity index (χ0n) is 8.53. The van der Waals surface area contributed by atoms with E-state index in [-0.39, 0.29) is 0 Å². The Kier molecular flexibility index (Phi) is 3.90. The highest BCUT2D eigenvalue weighted by molar-refractivity contribution is 7.99. The Morgan fingerprint density at radius 2 is 2.57 bits per heavy atom. The molecule has 0 aromatic carbocycles. The summed E-state index contributed by atoms with van der Waals surface area (Å²) in [4.78, 5) is 0. The Morgan fingerprint density at radius 1 is 1.64 bits per heavy atom. The van der Waals surface area contributed by atoms with E-state index in [0.29, 0.717) is 6.04 Å². The normalized spacial score (nSPS) is 23.9. The number of thioether (sulfide) groups is 1. The van der Waals surface area contributed by atoms with Crippen molar-refractivity contribution in [3.05, 3.63) is 22.4 Å². The molecule has 1 N–H and O–H groups in total. The van der Waals surface area contributed by atoms with Crippen LogP contribution in [0.4, 0.5) is 0 Å². The van der Waals surface area contributed by atoms with Crippen LogP contribution in [-0.2, 0) is 6.42 Å². The molecule has 2 heterocycles. The van der Waals surface area contributed by atoms with Gasteiger partial charge < -0.3 is 5.32 Å². The molecule has 0 spiro atoms. The number of hydrogen-bond acceptors (Lipinski definition) is 3. The summed E-state index contributed by atoms with van der Waals surface area (Å²) in [6.45, 7) is 0. The number of likely N-dealkylation sites (N-methyl/N-ethyl adjacent to an activating group) is 1. The number of rotatable bonds is 4. The molecule has 0 saturated carbocycles. The van der Waals surface area contributed by atoms with Gasteiger partial charge in [0.15, 0.2) is 0 Å². The van der Waals surface area contributed by atoms with E-state index in [1.54, 1.807) is 11.3 Å². The Hall–Kier alpha value is 0.01000. The lowest BCUT2D eigenvalue weighted by Gasteiger charge is -2.21. The Balaban J connectivity index is 1.92. The summed E-state index contributed by atoms with van der Waals surface area (Å²) in [6.07, 6.45) is 2.59. The van der Waals surface area contributed by atoms with Gasteiger partial charge in [-0.05, 0) is 59.7 Å². The first-order valence-electron chi connectivity index (χ1n) is 5.16. The Labute approximate surface area is 94.3 Å². The molecule has 2 rings (SSSR count). The summed E-state index contributed by atoms with van der Waals surface area (Å²) < 4.78 is 0. The molecule has 1 aliphatic rings. The number of thiophene rings is 1. The molecule has 14 heavy (non-hydrogen) atoms. The second-order valence-corrected chi connectivity index (χ2v) is 5.78. The first-order valence-corrected chi connectivity index (χ1v) is 7.26. The molecule has 1 aromatic heterocycles. The third kappa shape index (κ3) is 2.53. The maximum atomic E-state index is 3.47. The summed E-state index contributed by atoms with van der Waals surface area (Å²) >= 11 is 3.90. The molecule has 1 aliphatic heterocycles. The van der Waals surface area contributed by atoms with Gasteiger partial charge in [-0.15, -0.1) is 0 Å². The van der Waals surface area contributed by atoms with Gasteiger partial charge >= 0.3 is 0 Å². The zero-order chi connectivity index (χ0) is 9.80. The summed E-state index contributed by atoms with van der Waals surface area (Å²) in [7, 11) is 2.10. The van der Waals surface area contributed by atoms with Gasteiger partial charge in [0.2, 0.25) is 0 Å². The molecule has 0 aliphatic carbocycles. The predicted octanol–water partition coefficient (Wildman–Crippen LogP) is 2.63. The average molecular weight is 227 g/mol. The molecule has 3 heteroatoms. The van der Waals surface area contributed by atoms with Crippen LogP contribution in [0.5, 0.6) is 0 Å². The van der Waals surface area contributed by atoms with Crippen molar-refractivity contribution < 1.29 is 0 Å². The molecule has 0 radical (unpaired) electrons. The van der Waals surface area contributed by atoms with Crippen molar-refractivity contribution in [1.82, 2.24) is 5.32 Å². The lowest BCUT2D eigenvalue weighted by molar-refractivity contribution is 0.404. The molecule has 2 atom stereocenters. The summed E-state index contributed by atoms with van der Waals surface area (Å²) in [5.41, 5.74) is 1.49. The fourth-order valence-corrected chi connectivity index (χ4v) is 4.06. The molecule has 1 saturated heterocycles. The van der Waals surface area contributed by atoms with Gasteiger partial charge in [-0.2, -0.15) is 23.1 Å². The minimum Gasteiger partial charge on any atom is -0.316 e. The average Bonchev–Trinajstić information content (AvgIpc) is 2.86. The Bertz CT molecular complexity index is 252. The van der Waals surface area contributed by atoms with Gasteiger partial charge in [-0.25, -0.2) is 0 Å². The highest BCUT2D eigenvalue weighted by Gasteiger charge is 2.24. The standard InChI is InChI=1S/C11H17NS2/c1-12-11(10-3-5-14-8-10)6-9-2-4-13-7-9/h2,4,7,10-12H,3,5-6,8H2,1H3. The summed E-state index contributed by atoms with van der Waals surface area (Å²) in [5, 5.41) is 7.92. The lowest BCUT2D eigenvalue weighted by atomic mass is 9.94. The quantitative estimate of drug-likeness (QED) is 0.848. The van der Waals surface area contributed by atoms with E-state index in [9.17, 15) is 0 Å². The third-order valence-electron chi connectivity index (χ3n) is 2.94. The molecular weight excluding hydrogens is 210 g/mol. The minimum absolute atomic E-state index is 0.680. The van der Waals surface area contributed by atoms with E-state index in [1.165, 1.54) is 29.9 Å². The molecular formula is C11H17NS2. The van der Waals surface area contributed by atoms with Gasteiger partial charge in [-0.3, -0.25) is 0 Å². The van der Waals surface area contributed by atoms with E-state index in [4.69, 9.17) is 0 Å². The van der Waals surface area contributed by atoms with Crippen molar-refractivity contribution in [3.8, 4) is 0 Å². The van der Waals surface area contributed by atoms with Crippen LogP contribution in [-0.4, -0.2) is 24.6 Å². The zero-order valence-corrected chi connectivity index (χ0v) is 10.2. The first-order chi connectivity index (χ1) is 6.90. The van der Waals surface area contributed by atoms with Gasteiger partial charge in [0.25, 0.3) is 0 Å². The fourth-order valence-electron chi connectivity index (χ4n) is 2.04. The molecule has 0 amide bonds. The molecule has 1 nitrogen and oxygen atoms in total. The van der Waals surface area contributed by atoms with E-state index in [2.05, 4.69) is 41.0 Å². The minimum atomic E-state index is 0.680. The van der Waals surface area contributed by atoms with Gasteiger partial charge in [-0.1, -0.05) is 0 Å². The SMILES string of the molecule is CNC(Cc1ccsc1)C1CCSC1. The highest BCUT2D eigenvalue weighted by atomic mass is 32.2. The molecule has 0 bridgehead atoms. The third-order valence-corrected chi connectivity index (χ3v) is 4.86. The van der Waals surface area contributed by atoms with Crippen molar-refractivity contribution in [3.63, 3.8) is 0 Å². The molecule has 78 valence electrons. The predicted molar refractivity (Wildman–Crippen MR) is 66.3 cm³/mol. The van der Waals surface area contributed by atoms with Crippen LogP contribution in [0.25, 0.3) is 0 Å². The monoisotopic (exact) mass is 227 g/mol. The smallest absolute Gasteiger partial charge is 0.0141 e. The highest BCUT2D eigenvalue weighted by Crippen LogP contribution is 2.27. The maximum absolute atomic E-state index is 3.47. The van der Waals surface area contributed by atoms with Gasteiger partial charge in [0.05, 0.1) is 0 Å². The van der Waals surface area contributed by atoms with Crippen LogP contribution >= 0.6 is 23.1 Å². The molecule has 1 fully saturated rings. The first kappa shape index (κ1) is 10.5. The molecule has 1 aromatic rings. The van der Waals surface area contributed by atoms with Crippen molar-refractivity contribution in [2.24, 2.45) is 5.92 Å². The van der Waals surface area contributed by atoms with Crippen molar-refractivity contribution in [2.75, 3.05) is 18.6 Å². The van der Waals surface area contributed by atoms with Crippen LogP contribution < -0.4 is 5.32 Å². The fraction of sp³-hybridized carbons (Fsp3) is 0.636. The molecule has 2 unspecified atom stereocenters. The maximum Gasteiger partial charge on any atom is 0.0141 e. The largest absolute Gasteiger partial charge is 0.316 e. The van der Waals surface area contributed by atoms with E-state index in [0.717, 1.165) is 5.92 Å². The second kappa shape index (κ2) is 5.19. The number of nitrogens with one attached hydrogen (secondary N) is 1. The second-order valence-electron chi connectivity index (χ2n) is 3.85. The van der Waals surface area contributed by atoms with Crippen molar-refractivity contribution in [2.45, 2.75) is 18.9 Å².